The zero-order valence-electron chi connectivity index (χ0n) is 23.2. The lowest BCUT2D eigenvalue weighted by Gasteiger charge is -2.21. The van der Waals surface area contributed by atoms with Crippen molar-refractivity contribution in [2.45, 2.75) is 46.6 Å². The van der Waals surface area contributed by atoms with Gasteiger partial charge >= 0.3 is 5.97 Å². The number of benzene rings is 1. The molecule has 11 nitrogen and oxygen atoms in total. The molecule has 1 aromatic carbocycles. The average molecular weight is 597 g/mol. The molecular weight excluding hydrogens is 564 g/mol. The van der Waals surface area contributed by atoms with E-state index < -0.39 is 17.9 Å². The minimum absolute atomic E-state index is 0.0436. The monoisotopic (exact) mass is 596 g/mol. The highest BCUT2D eigenvalue weighted by molar-refractivity contribution is 7.17. The number of nitrogens with one attached hydrogen (secondary N) is 4. The second kappa shape index (κ2) is 13.0. The van der Waals surface area contributed by atoms with Gasteiger partial charge < -0.3 is 20.7 Å². The third-order valence-corrected chi connectivity index (χ3v) is 8.01. The maximum atomic E-state index is 13.2. The highest BCUT2D eigenvalue weighted by atomic mass is 32.1. The number of carbonyl (C=O) groups is 4. The topological polar surface area (TPSA) is 155 Å². The Labute approximate surface area is 245 Å². The Kier molecular flexibility index (Phi) is 9.50. The summed E-state index contributed by atoms with van der Waals surface area (Å²) in [6.07, 6.45) is 2.40. The molecule has 3 amide bonds. The van der Waals surface area contributed by atoms with Crippen molar-refractivity contribution in [3.63, 3.8) is 0 Å². The number of aryl methyl sites for hydroxylation is 1. The lowest BCUT2D eigenvalue weighted by atomic mass is 9.93. The van der Waals surface area contributed by atoms with Crippen LogP contribution in [0.3, 0.4) is 0 Å². The van der Waals surface area contributed by atoms with Gasteiger partial charge in [0.25, 0.3) is 11.8 Å². The van der Waals surface area contributed by atoms with E-state index in [0.29, 0.717) is 17.0 Å². The van der Waals surface area contributed by atoms with Gasteiger partial charge in [0.2, 0.25) is 5.91 Å². The van der Waals surface area contributed by atoms with E-state index in [0.717, 1.165) is 27.8 Å². The van der Waals surface area contributed by atoms with E-state index >= 15 is 0 Å². The summed E-state index contributed by atoms with van der Waals surface area (Å²) in [4.78, 5) is 56.4. The number of anilines is 1. The Balaban J connectivity index is 1.41. The van der Waals surface area contributed by atoms with Crippen LogP contribution >= 0.6 is 22.7 Å². The summed E-state index contributed by atoms with van der Waals surface area (Å²) in [7, 11) is 0. The van der Waals surface area contributed by atoms with Gasteiger partial charge in [0.15, 0.2) is 5.13 Å². The molecule has 0 radical (unpaired) electrons. The van der Waals surface area contributed by atoms with Crippen molar-refractivity contribution in [2.75, 3.05) is 18.5 Å². The molecule has 216 valence electrons. The molecule has 4 rings (SSSR count). The molecule has 0 saturated carbocycles. The van der Waals surface area contributed by atoms with E-state index in [1.165, 1.54) is 11.3 Å². The van der Waals surface area contributed by atoms with Crippen molar-refractivity contribution in [1.82, 2.24) is 25.8 Å². The van der Waals surface area contributed by atoms with Gasteiger partial charge in [0, 0.05) is 11.9 Å². The van der Waals surface area contributed by atoms with Crippen molar-refractivity contribution >= 4 is 62.4 Å². The summed E-state index contributed by atoms with van der Waals surface area (Å²) in [5.74, 6) is -1.87. The predicted molar refractivity (Wildman–Crippen MR) is 158 cm³/mol. The maximum absolute atomic E-state index is 13.2. The fourth-order valence-corrected chi connectivity index (χ4v) is 5.37. The number of hydrogen-bond donors (Lipinski definition) is 4. The molecule has 3 heterocycles. The zero-order chi connectivity index (χ0) is 29.6. The van der Waals surface area contributed by atoms with Crippen LogP contribution in [-0.2, 0) is 20.7 Å². The molecule has 1 atom stereocenters. The smallest absolute Gasteiger partial charge is 0.330 e. The number of fused-ring (bicyclic) bond motifs is 1. The third kappa shape index (κ3) is 8.21. The van der Waals surface area contributed by atoms with Crippen LogP contribution in [-0.4, -0.2) is 58.1 Å². The number of aromatic nitrogens is 3. The van der Waals surface area contributed by atoms with Crippen LogP contribution < -0.4 is 16.0 Å². The summed E-state index contributed by atoms with van der Waals surface area (Å²) >= 11 is 2.27. The molecule has 0 aliphatic rings. The van der Waals surface area contributed by atoms with Gasteiger partial charge in [-0.2, -0.15) is 5.10 Å². The summed E-state index contributed by atoms with van der Waals surface area (Å²) in [6, 6.07) is 7.86. The van der Waals surface area contributed by atoms with Crippen molar-refractivity contribution in [1.29, 1.82) is 0 Å². The second-order valence-corrected chi connectivity index (χ2v) is 12.5. The molecule has 0 saturated heterocycles. The van der Waals surface area contributed by atoms with Crippen molar-refractivity contribution in [2.24, 2.45) is 5.41 Å². The van der Waals surface area contributed by atoms with Gasteiger partial charge in [0.1, 0.15) is 10.9 Å². The molecule has 4 aromatic rings. The minimum Gasteiger partial charge on any atom is -0.464 e. The molecule has 4 N–H and O–H groups in total. The molecule has 0 aliphatic heterocycles. The number of carbonyl (C=O) groups excluding carboxylic acids is 4. The number of rotatable bonds is 11. The van der Waals surface area contributed by atoms with E-state index in [-0.39, 0.29) is 46.8 Å². The zero-order valence-corrected chi connectivity index (χ0v) is 24.8. The molecule has 0 bridgehead atoms. The number of aromatic amines is 1. The average Bonchev–Trinajstić information content (AvgIpc) is 3.67. The van der Waals surface area contributed by atoms with Gasteiger partial charge in [-0.25, -0.2) is 9.78 Å². The standard InChI is InChI=1S/C28H32N6O5S2/c1-16-23(41-27(31-16)33-22(35)13-17-7-5-8-19-18(17)14-30-34-19)25(37)32-20(26(38)39-11-10-28(2,3)4)15-29-24(36)21-9-6-12-40-21/h5-9,12,14,20H,10-11,13,15H2,1-4H3,(H,29,36)(H,30,34)(H,32,37)(H,31,33,35). The summed E-state index contributed by atoms with van der Waals surface area (Å²) in [6.45, 7) is 7.75. The Morgan fingerprint density at radius 2 is 1.90 bits per heavy atom. The summed E-state index contributed by atoms with van der Waals surface area (Å²) in [5, 5.41) is 17.9. The Hall–Kier alpha value is -4.10. The Morgan fingerprint density at radius 3 is 2.63 bits per heavy atom. The van der Waals surface area contributed by atoms with Crippen LogP contribution in [0.5, 0.6) is 0 Å². The highest BCUT2D eigenvalue weighted by Gasteiger charge is 2.27. The number of H-pyrrole nitrogens is 1. The first-order chi connectivity index (χ1) is 19.5. The van der Waals surface area contributed by atoms with E-state index in [9.17, 15) is 19.2 Å². The van der Waals surface area contributed by atoms with E-state index in [1.807, 2.05) is 39.0 Å². The molecule has 0 aliphatic carbocycles. The normalized spacial score (nSPS) is 12.1. The second-order valence-electron chi connectivity index (χ2n) is 10.6. The molecule has 0 spiro atoms. The number of amides is 3. The van der Waals surface area contributed by atoms with Gasteiger partial charge in [0.05, 0.1) is 35.3 Å². The predicted octanol–water partition coefficient (Wildman–Crippen LogP) is 4.08. The lowest BCUT2D eigenvalue weighted by Crippen LogP contribution is -2.49. The first-order valence-corrected chi connectivity index (χ1v) is 14.7. The van der Waals surface area contributed by atoms with Crippen LogP contribution in [0.1, 0.15) is 57.8 Å². The molecule has 0 fully saturated rings. The van der Waals surface area contributed by atoms with Crippen LogP contribution in [0.15, 0.2) is 41.9 Å². The number of nitrogens with zero attached hydrogens (tertiary/aromatic N) is 2. The first-order valence-electron chi connectivity index (χ1n) is 13.0. The fraction of sp³-hybridized carbons (Fsp3) is 0.357. The van der Waals surface area contributed by atoms with Gasteiger partial charge in [-0.1, -0.05) is 50.3 Å². The van der Waals surface area contributed by atoms with Crippen molar-refractivity contribution in [3.8, 4) is 0 Å². The Morgan fingerprint density at radius 1 is 1.10 bits per heavy atom. The van der Waals surface area contributed by atoms with E-state index in [1.54, 1.807) is 30.6 Å². The van der Waals surface area contributed by atoms with Crippen LogP contribution in [0, 0.1) is 12.3 Å². The minimum atomic E-state index is -1.12. The molecule has 1 unspecified atom stereocenters. The highest BCUT2D eigenvalue weighted by Crippen LogP contribution is 2.24. The van der Waals surface area contributed by atoms with Gasteiger partial charge in [-0.15, -0.1) is 11.3 Å². The van der Waals surface area contributed by atoms with Gasteiger partial charge in [-0.05, 0) is 41.8 Å². The van der Waals surface area contributed by atoms with Crippen molar-refractivity contribution in [3.05, 3.63) is 62.9 Å². The number of ether oxygens (including phenoxy) is 1. The lowest BCUT2D eigenvalue weighted by molar-refractivity contribution is -0.146. The molecule has 41 heavy (non-hydrogen) atoms. The largest absolute Gasteiger partial charge is 0.464 e. The Bertz CT molecular complexity index is 1540. The van der Waals surface area contributed by atoms with Crippen LogP contribution in [0.2, 0.25) is 0 Å². The molecule has 3 aromatic heterocycles. The third-order valence-electron chi connectivity index (χ3n) is 6.07. The maximum Gasteiger partial charge on any atom is 0.330 e. The van der Waals surface area contributed by atoms with Gasteiger partial charge in [-0.3, -0.25) is 19.5 Å². The summed E-state index contributed by atoms with van der Waals surface area (Å²) < 4.78 is 5.43. The van der Waals surface area contributed by atoms with E-state index in [2.05, 4.69) is 31.1 Å². The van der Waals surface area contributed by atoms with E-state index in [4.69, 9.17) is 4.74 Å². The number of thiazole rings is 1. The van der Waals surface area contributed by atoms with Crippen LogP contribution in [0.4, 0.5) is 5.13 Å². The summed E-state index contributed by atoms with van der Waals surface area (Å²) in [5.41, 5.74) is 1.98. The number of thiophene rings is 1. The first kappa shape index (κ1) is 29.9. The molecular formula is C28H32N6O5S2. The van der Waals surface area contributed by atoms with Crippen LogP contribution in [0.25, 0.3) is 10.9 Å². The SMILES string of the molecule is Cc1nc(NC(=O)Cc2cccc3[nH]ncc23)sc1C(=O)NC(CNC(=O)c1cccs1)C(=O)OCCC(C)(C)C. The number of hydrogen-bond acceptors (Lipinski definition) is 9. The number of esters is 1. The van der Waals surface area contributed by atoms with Crippen molar-refractivity contribution < 1.29 is 23.9 Å². The fourth-order valence-electron chi connectivity index (χ4n) is 3.85. The quantitative estimate of drug-likeness (QED) is 0.190. The molecule has 13 heteroatoms.